The first-order chi connectivity index (χ1) is 16.4. The molecule has 0 aromatic heterocycles. The third-order valence-corrected chi connectivity index (χ3v) is 6.24. The van der Waals surface area contributed by atoms with Crippen LogP contribution in [0.2, 0.25) is 0 Å². The van der Waals surface area contributed by atoms with Crippen LogP contribution >= 0.6 is 11.8 Å². The summed E-state index contributed by atoms with van der Waals surface area (Å²) in [6.45, 7) is 5.65. The first kappa shape index (κ1) is 23.6. The SMILES string of the molecule is COC(=O)C1=C(C)N=C2SC=C(CC(=O)NC(C)C)N2C1c1cccc(Oc2ccccc2)c1. The lowest BCUT2D eigenvalue weighted by Gasteiger charge is -2.36. The zero-order chi connectivity index (χ0) is 24.2. The van der Waals surface area contributed by atoms with E-state index in [-0.39, 0.29) is 18.4 Å². The van der Waals surface area contributed by atoms with E-state index >= 15 is 0 Å². The molecule has 34 heavy (non-hydrogen) atoms. The van der Waals surface area contributed by atoms with E-state index in [1.54, 1.807) is 6.92 Å². The average molecular weight is 478 g/mol. The molecule has 176 valence electrons. The summed E-state index contributed by atoms with van der Waals surface area (Å²) in [6.07, 6.45) is 0.175. The predicted molar refractivity (Wildman–Crippen MR) is 133 cm³/mol. The number of benzene rings is 2. The Labute approximate surface area is 203 Å². The Morgan fingerprint density at radius 1 is 1.12 bits per heavy atom. The molecule has 0 fully saturated rings. The maximum atomic E-state index is 12.9. The highest BCUT2D eigenvalue weighted by Gasteiger charge is 2.41. The third kappa shape index (κ3) is 5.02. The Hall–Kier alpha value is -3.52. The van der Waals surface area contributed by atoms with Crippen LogP contribution in [-0.2, 0) is 14.3 Å². The lowest BCUT2D eigenvalue weighted by molar-refractivity contribution is -0.136. The van der Waals surface area contributed by atoms with Gasteiger partial charge in [0.05, 0.1) is 30.8 Å². The van der Waals surface area contributed by atoms with Gasteiger partial charge < -0.3 is 19.7 Å². The number of para-hydroxylation sites is 1. The van der Waals surface area contributed by atoms with Gasteiger partial charge in [0, 0.05) is 11.7 Å². The molecule has 8 heteroatoms. The number of nitrogens with one attached hydrogen (secondary N) is 1. The second-order valence-corrected chi connectivity index (χ2v) is 9.11. The van der Waals surface area contributed by atoms with Crippen molar-refractivity contribution in [3.63, 3.8) is 0 Å². The fraction of sp³-hybridized carbons (Fsp3) is 0.269. The van der Waals surface area contributed by atoms with Crippen molar-refractivity contribution in [3.8, 4) is 11.5 Å². The summed E-state index contributed by atoms with van der Waals surface area (Å²) >= 11 is 1.44. The zero-order valence-electron chi connectivity index (χ0n) is 19.6. The summed E-state index contributed by atoms with van der Waals surface area (Å²) < 4.78 is 11.2. The van der Waals surface area contributed by atoms with Crippen LogP contribution in [0.25, 0.3) is 0 Å². The molecule has 7 nitrogen and oxygen atoms in total. The summed E-state index contributed by atoms with van der Waals surface area (Å²) in [4.78, 5) is 32.1. The molecule has 2 aliphatic rings. The number of allylic oxidation sites excluding steroid dienone is 1. The van der Waals surface area contributed by atoms with Gasteiger partial charge in [0.15, 0.2) is 5.17 Å². The van der Waals surface area contributed by atoms with Gasteiger partial charge in [0.25, 0.3) is 0 Å². The molecule has 4 rings (SSSR count). The minimum Gasteiger partial charge on any atom is -0.466 e. The van der Waals surface area contributed by atoms with E-state index in [0.717, 1.165) is 16.4 Å². The molecule has 2 aromatic rings. The second-order valence-electron chi connectivity index (χ2n) is 8.27. The van der Waals surface area contributed by atoms with Crippen LogP contribution in [0.4, 0.5) is 0 Å². The zero-order valence-corrected chi connectivity index (χ0v) is 20.4. The summed E-state index contributed by atoms with van der Waals surface area (Å²) in [5, 5.41) is 5.57. The van der Waals surface area contributed by atoms with E-state index in [4.69, 9.17) is 9.47 Å². The number of hydrogen-bond donors (Lipinski definition) is 1. The number of aliphatic imine (C=N–C) groups is 1. The largest absolute Gasteiger partial charge is 0.466 e. The molecule has 1 atom stereocenters. The number of thioether (sulfide) groups is 1. The maximum Gasteiger partial charge on any atom is 0.338 e. The van der Waals surface area contributed by atoms with Gasteiger partial charge in [-0.25, -0.2) is 9.79 Å². The Balaban J connectivity index is 1.73. The Kier molecular flexibility index (Phi) is 7.07. The summed E-state index contributed by atoms with van der Waals surface area (Å²) in [5.74, 6) is 0.814. The molecule has 2 aromatic carbocycles. The second kappa shape index (κ2) is 10.2. The number of methoxy groups -OCH3 is 1. The first-order valence-corrected chi connectivity index (χ1v) is 11.9. The summed E-state index contributed by atoms with van der Waals surface area (Å²) in [6, 6.07) is 16.6. The molecule has 0 saturated carbocycles. The van der Waals surface area contributed by atoms with Gasteiger partial charge in [-0.3, -0.25) is 4.79 Å². The number of esters is 1. The number of rotatable bonds is 7. The van der Waals surface area contributed by atoms with Gasteiger partial charge in [-0.1, -0.05) is 42.1 Å². The highest BCUT2D eigenvalue weighted by molar-refractivity contribution is 8.16. The fourth-order valence-corrected chi connectivity index (χ4v) is 4.93. The highest BCUT2D eigenvalue weighted by atomic mass is 32.2. The van der Waals surface area contributed by atoms with Crippen molar-refractivity contribution >= 4 is 28.8 Å². The fourth-order valence-electron chi connectivity index (χ4n) is 3.97. The molecular weight excluding hydrogens is 450 g/mol. The number of ether oxygens (including phenoxy) is 2. The van der Waals surface area contributed by atoms with Crippen LogP contribution in [0.3, 0.4) is 0 Å². The van der Waals surface area contributed by atoms with Crippen molar-refractivity contribution < 1.29 is 19.1 Å². The molecule has 2 heterocycles. The normalized spacial score (nSPS) is 17.2. The minimum atomic E-state index is -0.507. The molecule has 1 N–H and O–H groups in total. The number of carbonyl (C=O) groups excluding carboxylic acids is 2. The molecule has 0 radical (unpaired) electrons. The van der Waals surface area contributed by atoms with E-state index in [0.29, 0.717) is 22.8 Å². The van der Waals surface area contributed by atoms with E-state index in [1.165, 1.54) is 18.9 Å². The highest BCUT2D eigenvalue weighted by Crippen LogP contribution is 2.45. The molecule has 0 aliphatic carbocycles. The van der Waals surface area contributed by atoms with E-state index in [9.17, 15) is 9.59 Å². The number of nitrogens with zero attached hydrogens (tertiary/aromatic N) is 2. The predicted octanol–water partition coefficient (Wildman–Crippen LogP) is 5.14. The quantitative estimate of drug-likeness (QED) is 0.556. The average Bonchev–Trinajstić information content (AvgIpc) is 3.19. The van der Waals surface area contributed by atoms with Gasteiger partial charge in [-0.15, -0.1) is 0 Å². The van der Waals surface area contributed by atoms with Crippen LogP contribution in [0.5, 0.6) is 11.5 Å². The number of carbonyl (C=O) groups is 2. The van der Waals surface area contributed by atoms with Crippen molar-refractivity contribution in [2.24, 2.45) is 4.99 Å². The number of amides is 1. The first-order valence-electron chi connectivity index (χ1n) is 11.0. The van der Waals surface area contributed by atoms with Gasteiger partial charge in [-0.2, -0.15) is 0 Å². The van der Waals surface area contributed by atoms with E-state index < -0.39 is 12.0 Å². The minimum absolute atomic E-state index is 0.0343. The van der Waals surface area contributed by atoms with Crippen molar-refractivity contribution in [1.82, 2.24) is 10.2 Å². The van der Waals surface area contributed by atoms with E-state index in [1.807, 2.05) is 78.8 Å². The van der Waals surface area contributed by atoms with Crippen LogP contribution in [0, 0.1) is 0 Å². The number of hydrogen-bond acceptors (Lipinski definition) is 7. The smallest absolute Gasteiger partial charge is 0.338 e. The molecular formula is C26H27N3O4S. The summed E-state index contributed by atoms with van der Waals surface area (Å²) in [7, 11) is 1.36. The standard InChI is InChI=1S/C26H27N3O4S/c1-16(2)27-22(30)14-19-15-34-26-28-17(3)23(25(31)32-4)24(29(19)26)18-9-8-12-21(13-18)33-20-10-6-5-7-11-20/h5-13,15-16,24H,14H2,1-4H3,(H,27,30). The molecule has 1 unspecified atom stereocenters. The lowest BCUT2D eigenvalue weighted by atomic mass is 9.93. The van der Waals surface area contributed by atoms with Crippen molar-refractivity contribution in [3.05, 3.63) is 82.5 Å². The van der Waals surface area contributed by atoms with Gasteiger partial charge in [-0.05, 0) is 56.0 Å². The molecule has 2 aliphatic heterocycles. The topological polar surface area (TPSA) is 80.2 Å². The van der Waals surface area contributed by atoms with Crippen LogP contribution in [0.1, 0.15) is 38.8 Å². The van der Waals surface area contributed by atoms with Crippen LogP contribution < -0.4 is 10.1 Å². The van der Waals surface area contributed by atoms with Crippen LogP contribution in [0.15, 0.2) is 82.0 Å². The number of fused-ring (bicyclic) bond motifs is 1. The van der Waals surface area contributed by atoms with Gasteiger partial charge in [0.1, 0.15) is 11.5 Å². The van der Waals surface area contributed by atoms with Gasteiger partial charge in [0.2, 0.25) is 5.91 Å². The Morgan fingerprint density at radius 2 is 1.85 bits per heavy atom. The number of amidine groups is 1. The molecule has 1 amide bonds. The van der Waals surface area contributed by atoms with Crippen LogP contribution in [-0.4, -0.2) is 35.1 Å². The van der Waals surface area contributed by atoms with Crippen molar-refractivity contribution in [2.75, 3.05) is 7.11 Å². The Morgan fingerprint density at radius 3 is 2.56 bits per heavy atom. The molecule has 0 saturated heterocycles. The maximum absolute atomic E-state index is 12.9. The Bertz CT molecular complexity index is 1190. The van der Waals surface area contributed by atoms with Gasteiger partial charge >= 0.3 is 5.97 Å². The summed E-state index contributed by atoms with van der Waals surface area (Å²) in [5.41, 5.74) is 2.63. The monoisotopic (exact) mass is 477 g/mol. The van der Waals surface area contributed by atoms with E-state index in [2.05, 4.69) is 10.3 Å². The van der Waals surface area contributed by atoms with Crippen molar-refractivity contribution in [1.29, 1.82) is 0 Å². The van der Waals surface area contributed by atoms with Crippen molar-refractivity contribution in [2.45, 2.75) is 39.3 Å². The third-order valence-electron chi connectivity index (χ3n) is 5.35. The molecule has 0 spiro atoms. The molecule has 0 bridgehead atoms. The lowest BCUT2D eigenvalue weighted by Crippen LogP contribution is -2.38.